The number of hydrogen-bond acceptors (Lipinski definition) is 3. The fourth-order valence-corrected chi connectivity index (χ4v) is 0.969. The van der Waals surface area contributed by atoms with Gasteiger partial charge in [0.15, 0.2) is 0 Å². The summed E-state index contributed by atoms with van der Waals surface area (Å²) in [6.45, 7) is 7.43. The molecule has 0 atom stereocenters. The van der Waals surface area contributed by atoms with Crippen molar-refractivity contribution in [2.24, 2.45) is 0 Å². The molecule has 0 saturated carbocycles. The molecule has 0 heterocycles. The quantitative estimate of drug-likeness (QED) is 0.432. The SMILES string of the molecule is CC(=O)OC/C=C(\C)CCC(O)=C(C)C. The van der Waals surface area contributed by atoms with Gasteiger partial charge in [-0.1, -0.05) is 5.57 Å². The van der Waals surface area contributed by atoms with Gasteiger partial charge in [0.05, 0.1) is 5.76 Å². The Labute approximate surface area is 91.4 Å². The Bertz CT molecular complexity index is 271. The predicted octanol–water partition coefficient (Wildman–Crippen LogP) is 3.13. The first-order chi connectivity index (χ1) is 6.93. The largest absolute Gasteiger partial charge is 0.512 e. The van der Waals surface area contributed by atoms with Crippen LogP contribution in [0.25, 0.3) is 0 Å². The van der Waals surface area contributed by atoms with E-state index in [-0.39, 0.29) is 5.97 Å². The second kappa shape index (κ2) is 7.10. The van der Waals surface area contributed by atoms with Crippen molar-refractivity contribution in [1.82, 2.24) is 0 Å². The average molecular weight is 212 g/mol. The van der Waals surface area contributed by atoms with E-state index in [1.165, 1.54) is 6.92 Å². The highest BCUT2D eigenvalue weighted by molar-refractivity contribution is 5.66. The van der Waals surface area contributed by atoms with Crippen molar-refractivity contribution < 1.29 is 14.6 Å². The van der Waals surface area contributed by atoms with Crippen LogP contribution in [0.2, 0.25) is 0 Å². The van der Waals surface area contributed by atoms with Gasteiger partial charge in [0.1, 0.15) is 6.61 Å². The molecule has 0 amide bonds. The van der Waals surface area contributed by atoms with Crippen molar-refractivity contribution in [3.05, 3.63) is 23.0 Å². The number of aliphatic hydroxyl groups is 1. The van der Waals surface area contributed by atoms with Gasteiger partial charge in [-0.3, -0.25) is 4.79 Å². The fourth-order valence-electron chi connectivity index (χ4n) is 0.969. The molecule has 0 aliphatic rings. The first kappa shape index (κ1) is 13.8. The van der Waals surface area contributed by atoms with E-state index >= 15 is 0 Å². The molecule has 0 fully saturated rings. The number of esters is 1. The van der Waals surface area contributed by atoms with Crippen LogP contribution in [0.15, 0.2) is 23.0 Å². The van der Waals surface area contributed by atoms with Gasteiger partial charge in [-0.25, -0.2) is 0 Å². The molecule has 1 N–H and O–H groups in total. The van der Waals surface area contributed by atoms with Crippen LogP contribution >= 0.6 is 0 Å². The van der Waals surface area contributed by atoms with Gasteiger partial charge in [-0.05, 0) is 38.8 Å². The second-order valence-electron chi connectivity index (χ2n) is 3.80. The van der Waals surface area contributed by atoms with Crippen molar-refractivity contribution in [3.8, 4) is 0 Å². The van der Waals surface area contributed by atoms with Gasteiger partial charge in [0.25, 0.3) is 0 Å². The van der Waals surface area contributed by atoms with E-state index in [2.05, 4.69) is 0 Å². The Morgan fingerprint density at radius 2 is 1.80 bits per heavy atom. The number of carbonyl (C=O) groups is 1. The topological polar surface area (TPSA) is 46.5 Å². The Kier molecular flexibility index (Phi) is 6.50. The fraction of sp³-hybridized carbons (Fsp3) is 0.583. The predicted molar refractivity (Wildman–Crippen MR) is 60.6 cm³/mol. The monoisotopic (exact) mass is 212 g/mol. The molecule has 0 radical (unpaired) electrons. The van der Waals surface area contributed by atoms with Crippen LogP contribution < -0.4 is 0 Å². The molecule has 15 heavy (non-hydrogen) atoms. The van der Waals surface area contributed by atoms with Gasteiger partial charge in [-0.15, -0.1) is 0 Å². The van der Waals surface area contributed by atoms with E-state index in [9.17, 15) is 9.90 Å². The van der Waals surface area contributed by atoms with Crippen LogP contribution in [0, 0.1) is 0 Å². The van der Waals surface area contributed by atoms with Crippen LogP contribution in [0.4, 0.5) is 0 Å². The summed E-state index contributed by atoms with van der Waals surface area (Å²) in [5, 5.41) is 9.46. The lowest BCUT2D eigenvalue weighted by molar-refractivity contribution is -0.139. The molecule has 0 spiro atoms. The lowest BCUT2D eigenvalue weighted by Gasteiger charge is -2.03. The minimum absolute atomic E-state index is 0.272. The smallest absolute Gasteiger partial charge is 0.302 e. The van der Waals surface area contributed by atoms with Crippen LogP contribution in [-0.4, -0.2) is 17.7 Å². The maximum atomic E-state index is 10.5. The van der Waals surface area contributed by atoms with Gasteiger partial charge in [0, 0.05) is 13.3 Å². The van der Waals surface area contributed by atoms with Crippen LogP contribution in [-0.2, 0) is 9.53 Å². The summed E-state index contributed by atoms with van der Waals surface area (Å²) in [6, 6.07) is 0. The van der Waals surface area contributed by atoms with Crippen molar-refractivity contribution in [2.75, 3.05) is 6.61 Å². The molecule has 0 unspecified atom stereocenters. The maximum absolute atomic E-state index is 10.5. The lowest BCUT2D eigenvalue weighted by Crippen LogP contribution is -1.98. The summed E-state index contributed by atoms with van der Waals surface area (Å²) in [4.78, 5) is 10.5. The molecule has 0 aromatic heterocycles. The highest BCUT2D eigenvalue weighted by Gasteiger charge is 1.97. The van der Waals surface area contributed by atoms with E-state index in [4.69, 9.17) is 4.74 Å². The molecule has 0 aromatic carbocycles. The average Bonchev–Trinajstić information content (AvgIpc) is 2.13. The zero-order valence-electron chi connectivity index (χ0n) is 9.96. The molecule has 3 heteroatoms. The molecule has 0 aromatic rings. The molecular formula is C12H20O3. The summed E-state index contributed by atoms with van der Waals surface area (Å²) in [7, 11) is 0. The van der Waals surface area contributed by atoms with Crippen molar-refractivity contribution in [3.63, 3.8) is 0 Å². The van der Waals surface area contributed by atoms with E-state index in [1.54, 1.807) is 0 Å². The molecule has 0 rings (SSSR count). The van der Waals surface area contributed by atoms with Gasteiger partial charge < -0.3 is 9.84 Å². The minimum Gasteiger partial charge on any atom is -0.512 e. The Morgan fingerprint density at radius 3 is 2.27 bits per heavy atom. The molecule has 0 aliphatic carbocycles. The van der Waals surface area contributed by atoms with E-state index in [0.29, 0.717) is 18.8 Å². The zero-order chi connectivity index (χ0) is 11.8. The van der Waals surface area contributed by atoms with Crippen LogP contribution in [0.5, 0.6) is 0 Å². The van der Waals surface area contributed by atoms with Crippen molar-refractivity contribution in [2.45, 2.75) is 40.5 Å². The molecule has 0 bridgehead atoms. The summed E-state index contributed by atoms with van der Waals surface area (Å²) < 4.78 is 4.78. The molecule has 3 nitrogen and oxygen atoms in total. The van der Waals surface area contributed by atoms with Gasteiger partial charge in [-0.2, -0.15) is 0 Å². The first-order valence-corrected chi connectivity index (χ1v) is 5.07. The van der Waals surface area contributed by atoms with Gasteiger partial charge >= 0.3 is 5.97 Å². The number of hydrogen-bond donors (Lipinski definition) is 1. The number of rotatable bonds is 5. The van der Waals surface area contributed by atoms with Crippen LogP contribution in [0.3, 0.4) is 0 Å². The van der Waals surface area contributed by atoms with Crippen molar-refractivity contribution >= 4 is 5.97 Å². The van der Waals surface area contributed by atoms with Gasteiger partial charge in [0.2, 0.25) is 0 Å². The van der Waals surface area contributed by atoms with Crippen LogP contribution in [0.1, 0.15) is 40.5 Å². The summed E-state index contributed by atoms with van der Waals surface area (Å²) in [5.41, 5.74) is 2.06. The third-order valence-corrected chi connectivity index (χ3v) is 2.05. The third kappa shape index (κ3) is 7.79. The molecular weight excluding hydrogens is 192 g/mol. The maximum Gasteiger partial charge on any atom is 0.302 e. The number of carbonyl (C=O) groups excluding carboxylic acids is 1. The Hall–Kier alpha value is -1.25. The number of allylic oxidation sites excluding steroid dienone is 3. The minimum atomic E-state index is -0.272. The summed E-state index contributed by atoms with van der Waals surface area (Å²) >= 11 is 0. The normalized spacial score (nSPS) is 11.1. The van der Waals surface area contributed by atoms with E-state index in [1.807, 2.05) is 26.8 Å². The molecule has 0 aliphatic heterocycles. The highest BCUT2D eigenvalue weighted by atomic mass is 16.5. The van der Waals surface area contributed by atoms with E-state index < -0.39 is 0 Å². The molecule has 0 saturated heterocycles. The Morgan fingerprint density at radius 1 is 1.20 bits per heavy atom. The van der Waals surface area contributed by atoms with Crippen molar-refractivity contribution in [1.29, 1.82) is 0 Å². The Balaban J connectivity index is 3.88. The zero-order valence-corrected chi connectivity index (χ0v) is 9.96. The highest BCUT2D eigenvalue weighted by Crippen LogP contribution is 2.12. The number of ether oxygens (including phenoxy) is 1. The molecule has 86 valence electrons. The second-order valence-corrected chi connectivity index (χ2v) is 3.80. The number of aliphatic hydroxyl groups excluding tert-OH is 1. The lowest BCUT2D eigenvalue weighted by atomic mass is 10.1. The standard InChI is InChI=1S/C12H20O3/c1-9(2)12(14)6-5-10(3)7-8-15-11(4)13/h7,14H,5-6,8H2,1-4H3/b10-7+. The summed E-state index contributed by atoms with van der Waals surface area (Å²) in [6.07, 6.45) is 3.29. The third-order valence-electron chi connectivity index (χ3n) is 2.05. The first-order valence-electron chi connectivity index (χ1n) is 5.07. The van der Waals surface area contributed by atoms with E-state index in [0.717, 1.165) is 17.6 Å². The summed E-state index contributed by atoms with van der Waals surface area (Å²) in [5.74, 6) is 0.168.